The van der Waals surface area contributed by atoms with E-state index in [0.29, 0.717) is 0 Å². The number of amides is 1. The van der Waals surface area contributed by atoms with E-state index < -0.39 is 0 Å². The molecule has 1 amide bonds. The normalized spacial score (nSPS) is 9.29. The van der Waals surface area contributed by atoms with Crippen LogP contribution in [0, 0.1) is 11.8 Å². The van der Waals surface area contributed by atoms with Crippen molar-refractivity contribution < 1.29 is 4.79 Å². The van der Waals surface area contributed by atoms with Crippen LogP contribution < -0.4 is 10.6 Å². The highest BCUT2D eigenvalue weighted by molar-refractivity contribution is 6.29. The van der Waals surface area contributed by atoms with Crippen LogP contribution in [0.1, 0.15) is 12.0 Å². The highest BCUT2D eigenvalue weighted by Crippen LogP contribution is 2.08. The minimum absolute atomic E-state index is 0.0361. The molecule has 0 aromatic heterocycles. The van der Waals surface area contributed by atoms with E-state index in [9.17, 15) is 4.79 Å². The first-order chi connectivity index (χ1) is 8.26. The second-order valence-electron chi connectivity index (χ2n) is 3.41. The Morgan fingerprint density at radius 3 is 2.65 bits per heavy atom. The van der Waals surface area contributed by atoms with Gasteiger partial charge in [-0.1, -0.05) is 11.8 Å². The summed E-state index contributed by atoms with van der Waals surface area (Å²) in [5.41, 5.74) is 1.67. The molecule has 2 N–H and O–H groups in total. The zero-order valence-electron chi connectivity index (χ0n) is 9.72. The van der Waals surface area contributed by atoms with Crippen molar-refractivity contribution in [2.24, 2.45) is 0 Å². The summed E-state index contributed by atoms with van der Waals surface area (Å²) in [6, 6.07) is 7.37. The third-order valence-electron chi connectivity index (χ3n) is 2.02. The van der Waals surface area contributed by atoms with Crippen molar-refractivity contribution in [3.8, 4) is 11.8 Å². The summed E-state index contributed by atoms with van der Waals surface area (Å²) in [4.78, 5) is 11.0. The van der Waals surface area contributed by atoms with Gasteiger partial charge in [0.25, 0.3) is 0 Å². The van der Waals surface area contributed by atoms with Gasteiger partial charge in [0.1, 0.15) is 5.88 Å². The summed E-state index contributed by atoms with van der Waals surface area (Å²) >= 11 is 5.39. The number of rotatable bonds is 4. The summed E-state index contributed by atoms with van der Waals surface area (Å²) in [5.74, 6) is 5.85. The molecule has 0 fully saturated rings. The SMILES string of the molecule is CNCCC#Cc1ccc(NC(=O)CCl)cc1. The van der Waals surface area contributed by atoms with Gasteiger partial charge in [-0.15, -0.1) is 11.6 Å². The monoisotopic (exact) mass is 250 g/mol. The summed E-state index contributed by atoms with van der Waals surface area (Å²) in [6.45, 7) is 0.886. The smallest absolute Gasteiger partial charge is 0.239 e. The summed E-state index contributed by atoms with van der Waals surface area (Å²) in [5, 5.41) is 5.69. The van der Waals surface area contributed by atoms with E-state index in [1.807, 2.05) is 31.3 Å². The predicted octanol–water partition coefficient (Wildman–Crippen LogP) is 1.82. The third kappa shape index (κ3) is 5.39. The molecular formula is C13H15ClN2O. The minimum atomic E-state index is -0.209. The van der Waals surface area contributed by atoms with E-state index in [-0.39, 0.29) is 11.8 Å². The van der Waals surface area contributed by atoms with Crippen LogP contribution in [0.2, 0.25) is 0 Å². The molecule has 0 saturated heterocycles. The fourth-order valence-corrected chi connectivity index (χ4v) is 1.25. The van der Waals surface area contributed by atoms with Crippen molar-refractivity contribution in [2.45, 2.75) is 6.42 Å². The van der Waals surface area contributed by atoms with E-state index >= 15 is 0 Å². The second-order valence-corrected chi connectivity index (χ2v) is 3.68. The Balaban J connectivity index is 2.54. The lowest BCUT2D eigenvalue weighted by Gasteiger charge is -2.01. The van der Waals surface area contributed by atoms with E-state index in [1.165, 1.54) is 0 Å². The zero-order chi connectivity index (χ0) is 12.5. The van der Waals surface area contributed by atoms with Crippen LogP contribution in [0.4, 0.5) is 5.69 Å². The molecule has 0 aliphatic heterocycles. The lowest BCUT2D eigenvalue weighted by Crippen LogP contribution is -2.12. The number of carbonyl (C=O) groups is 1. The van der Waals surface area contributed by atoms with E-state index in [1.54, 1.807) is 0 Å². The van der Waals surface area contributed by atoms with Crippen molar-refractivity contribution in [2.75, 3.05) is 24.8 Å². The van der Waals surface area contributed by atoms with Gasteiger partial charge in [0, 0.05) is 24.2 Å². The molecule has 0 aliphatic carbocycles. The molecule has 17 heavy (non-hydrogen) atoms. The topological polar surface area (TPSA) is 41.1 Å². The number of halogens is 1. The first kappa shape index (κ1) is 13.6. The van der Waals surface area contributed by atoms with E-state index in [0.717, 1.165) is 24.2 Å². The molecule has 0 spiro atoms. The maximum Gasteiger partial charge on any atom is 0.239 e. The Bertz CT molecular complexity index is 417. The first-order valence-electron chi connectivity index (χ1n) is 5.35. The first-order valence-corrected chi connectivity index (χ1v) is 5.89. The standard InChI is InChI=1S/C13H15ClN2O/c1-15-9-3-2-4-11-5-7-12(8-6-11)16-13(17)10-14/h5-8,15H,3,9-10H2,1H3,(H,16,17). The van der Waals surface area contributed by atoms with Crippen LogP contribution in [0.15, 0.2) is 24.3 Å². The van der Waals surface area contributed by atoms with Crippen molar-refractivity contribution in [3.63, 3.8) is 0 Å². The van der Waals surface area contributed by atoms with Gasteiger partial charge < -0.3 is 10.6 Å². The van der Waals surface area contributed by atoms with Crippen LogP contribution in [0.3, 0.4) is 0 Å². The van der Waals surface area contributed by atoms with Gasteiger partial charge in [0.2, 0.25) is 5.91 Å². The molecule has 0 radical (unpaired) electrons. The molecule has 4 heteroatoms. The largest absolute Gasteiger partial charge is 0.325 e. The van der Waals surface area contributed by atoms with Crippen molar-refractivity contribution in [1.82, 2.24) is 5.32 Å². The highest BCUT2D eigenvalue weighted by atomic mass is 35.5. The van der Waals surface area contributed by atoms with Gasteiger partial charge in [0.15, 0.2) is 0 Å². The summed E-state index contributed by atoms with van der Waals surface area (Å²) < 4.78 is 0. The van der Waals surface area contributed by atoms with E-state index in [4.69, 9.17) is 11.6 Å². The maximum absolute atomic E-state index is 11.0. The van der Waals surface area contributed by atoms with Crippen LogP contribution in [0.5, 0.6) is 0 Å². The molecule has 0 saturated carbocycles. The average molecular weight is 251 g/mol. The van der Waals surface area contributed by atoms with Crippen molar-refractivity contribution in [1.29, 1.82) is 0 Å². The fraction of sp³-hybridized carbons (Fsp3) is 0.308. The number of alkyl halides is 1. The average Bonchev–Trinajstić information content (AvgIpc) is 2.36. The van der Waals surface area contributed by atoms with Crippen molar-refractivity contribution >= 4 is 23.2 Å². The van der Waals surface area contributed by atoms with Gasteiger partial charge in [-0.3, -0.25) is 4.79 Å². The van der Waals surface area contributed by atoms with Crippen LogP contribution >= 0.6 is 11.6 Å². The van der Waals surface area contributed by atoms with Crippen LogP contribution in [0.25, 0.3) is 0 Å². The Kier molecular flexibility index (Phi) is 6.16. The molecular weight excluding hydrogens is 236 g/mol. The lowest BCUT2D eigenvalue weighted by atomic mass is 10.2. The Morgan fingerprint density at radius 2 is 2.06 bits per heavy atom. The zero-order valence-corrected chi connectivity index (χ0v) is 10.5. The van der Waals surface area contributed by atoms with Gasteiger partial charge >= 0.3 is 0 Å². The number of hydrogen-bond donors (Lipinski definition) is 2. The molecule has 0 bridgehead atoms. The third-order valence-corrected chi connectivity index (χ3v) is 2.27. The lowest BCUT2D eigenvalue weighted by molar-refractivity contribution is -0.113. The molecule has 0 unspecified atom stereocenters. The van der Waals surface area contributed by atoms with Gasteiger partial charge in [-0.2, -0.15) is 0 Å². The quantitative estimate of drug-likeness (QED) is 0.486. The fourth-order valence-electron chi connectivity index (χ4n) is 1.18. The van der Waals surface area contributed by atoms with Crippen molar-refractivity contribution in [3.05, 3.63) is 29.8 Å². The van der Waals surface area contributed by atoms with Crippen LogP contribution in [-0.4, -0.2) is 25.4 Å². The highest BCUT2D eigenvalue weighted by Gasteiger charge is 1.98. The molecule has 1 aromatic carbocycles. The number of hydrogen-bond acceptors (Lipinski definition) is 2. The summed E-state index contributed by atoms with van der Waals surface area (Å²) in [7, 11) is 1.90. The Morgan fingerprint density at radius 1 is 1.35 bits per heavy atom. The molecule has 1 rings (SSSR count). The summed E-state index contributed by atoms with van der Waals surface area (Å²) in [6.07, 6.45) is 0.821. The van der Waals surface area contributed by atoms with Gasteiger partial charge in [-0.05, 0) is 31.3 Å². The Labute approximate surface area is 107 Å². The number of nitrogens with one attached hydrogen (secondary N) is 2. The molecule has 1 aromatic rings. The maximum atomic E-state index is 11.0. The second kappa shape index (κ2) is 7.72. The number of benzene rings is 1. The molecule has 0 atom stereocenters. The Hall–Kier alpha value is -1.50. The molecule has 90 valence electrons. The molecule has 0 heterocycles. The minimum Gasteiger partial charge on any atom is -0.325 e. The van der Waals surface area contributed by atoms with Gasteiger partial charge in [0.05, 0.1) is 0 Å². The predicted molar refractivity (Wildman–Crippen MR) is 71.2 cm³/mol. The van der Waals surface area contributed by atoms with E-state index in [2.05, 4.69) is 22.5 Å². The molecule has 0 aliphatic rings. The number of anilines is 1. The van der Waals surface area contributed by atoms with Gasteiger partial charge in [-0.25, -0.2) is 0 Å². The molecule has 3 nitrogen and oxygen atoms in total. The van der Waals surface area contributed by atoms with Crippen LogP contribution in [-0.2, 0) is 4.79 Å². The number of carbonyl (C=O) groups excluding carboxylic acids is 1.